The molecule has 11 heteroatoms. The summed E-state index contributed by atoms with van der Waals surface area (Å²) in [7, 11) is 0. The van der Waals surface area contributed by atoms with E-state index in [1.54, 1.807) is 4.57 Å². The van der Waals surface area contributed by atoms with Gasteiger partial charge in [-0.25, -0.2) is 9.48 Å². The van der Waals surface area contributed by atoms with Gasteiger partial charge in [-0.3, -0.25) is 9.56 Å². The molecule has 7 nitrogen and oxygen atoms in total. The van der Waals surface area contributed by atoms with E-state index in [9.17, 15) is 18.0 Å². The minimum absolute atomic E-state index is 0. The van der Waals surface area contributed by atoms with Crippen molar-refractivity contribution in [3.05, 3.63) is 51.7 Å². The van der Waals surface area contributed by atoms with Crippen molar-refractivity contribution in [1.29, 1.82) is 0 Å². The lowest BCUT2D eigenvalue weighted by Crippen LogP contribution is -2.38. The predicted octanol–water partition coefficient (Wildman–Crippen LogP) is 3.21. The molecular formula is C21H30F3IN6O. The maximum atomic E-state index is 12.6. The van der Waals surface area contributed by atoms with Gasteiger partial charge in [0.1, 0.15) is 5.82 Å². The monoisotopic (exact) mass is 566 g/mol. The molecule has 0 fully saturated rings. The molecule has 2 aromatic rings. The van der Waals surface area contributed by atoms with Crippen LogP contribution in [0.4, 0.5) is 13.2 Å². The van der Waals surface area contributed by atoms with Gasteiger partial charge in [-0.2, -0.15) is 18.3 Å². The summed E-state index contributed by atoms with van der Waals surface area (Å²) in [6.45, 7) is 5.00. The summed E-state index contributed by atoms with van der Waals surface area (Å²) in [4.78, 5) is 16.9. The summed E-state index contributed by atoms with van der Waals surface area (Å²) in [6, 6.07) is 5.20. The number of benzene rings is 1. The third kappa shape index (κ3) is 7.24. The molecule has 0 amide bonds. The average molecular weight is 566 g/mol. The van der Waals surface area contributed by atoms with E-state index in [1.807, 2.05) is 6.92 Å². The number of aryl methyl sites for hydroxylation is 2. The van der Waals surface area contributed by atoms with Crippen LogP contribution in [0.3, 0.4) is 0 Å². The Bertz CT molecular complexity index is 936. The molecular weight excluding hydrogens is 536 g/mol. The number of nitrogens with zero attached hydrogens (tertiary/aromatic N) is 4. The SMILES string of the molecule is CCNC(=NCCCn1nc2n(c1=O)CCCC2)NCCc1ccc(C(F)(F)F)cc1.I. The molecule has 2 heterocycles. The van der Waals surface area contributed by atoms with Gasteiger partial charge in [0.15, 0.2) is 5.96 Å². The zero-order valence-corrected chi connectivity index (χ0v) is 20.5. The molecule has 0 unspecified atom stereocenters. The van der Waals surface area contributed by atoms with Crippen molar-refractivity contribution in [2.45, 2.75) is 58.3 Å². The van der Waals surface area contributed by atoms with E-state index in [4.69, 9.17) is 0 Å². The third-order valence-corrected chi connectivity index (χ3v) is 5.16. The number of rotatable bonds is 8. The molecule has 0 saturated carbocycles. The van der Waals surface area contributed by atoms with Crippen LogP contribution < -0.4 is 16.3 Å². The maximum absolute atomic E-state index is 12.6. The summed E-state index contributed by atoms with van der Waals surface area (Å²) in [5.74, 6) is 1.52. The van der Waals surface area contributed by atoms with Crippen LogP contribution in [0.25, 0.3) is 0 Å². The minimum Gasteiger partial charge on any atom is -0.357 e. The van der Waals surface area contributed by atoms with Crippen LogP contribution in [0.1, 0.15) is 43.1 Å². The Balaban J connectivity index is 0.00000363. The fraction of sp³-hybridized carbons (Fsp3) is 0.571. The van der Waals surface area contributed by atoms with Gasteiger partial charge < -0.3 is 10.6 Å². The van der Waals surface area contributed by atoms with Crippen molar-refractivity contribution in [1.82, 2.24) is 25.0 Å². The third-order valence-electron chi connectivity index (χ3n) is 5.16. The molecule has 0 spiro atoms. The summed E-state index contributed by atoms with van der Waals surface area (Å²) < 4.78 is 41.2. The number of hydrogen-bond donors (Lipinski definition) is 2. The second-order valence-corrected chi connectivity index (χ2v) is 7.52. The molecule has 2 N–H and O–H groups in total. The molecule has 178 valence electrons. The van der Waals surface area contributed by atoms with Crippen LogP contribution in [0, 0.1) is 0 Å². The Hall–Kier alpha value is -2.05. The lowest BCUT2D eigenvalue weighted by atomic mass is 10.1. The zero-order valence-electron chi connectivity index (χ0n) is 18.1. The molecule has 1 aromatic heterocycles. The topological polar surface area (TPSA) is 76.2 Å². The summed E-state index contributed by atoms with van der Waals surface area (Å²) in [6.07, 6.45) is -0.0987. The lowest BCUT2D eigenvalue weighted by Gasteiger charge is -2.12. The molecule has 0 radical (unpaired) electrons. The van der Waals surface area contributed by atoms with Crippen molar-refractivity contribution in [3.8, 4) is 0 Å². The van der Waals surface area contributed by atoms with Gasteiger partial charge in [-0.05, 0) is 50.3 Å². The van der Waals surface area contributed by atoms with E-state index in [2.05, 4.69) is 20.7 Å². The van der Waals surface area contributed by atoms with E-state index < -0.39 is 11.7 Å². The molecule has 1 aliphatic rings. The number of alkyl halides is 3. The van der Waals surface area contributed by atoms with E-state index in [-0.39, 0.29) is 29.7 Å². The van der Waals surface area contributed by atoms with Gasteiger partial charge in [-0.1, -0.05) is 12.1 Å². The summed E-state index contributed by atoms with van der Waals surface area (Å²) in [5.41, 5.74) is 0.136. The average Bonchev–Trinajstić information content (AvgIpc) is 3.07. The molecule has 0 bridgehead atoms. The fourth-order valence-electron chi connectivity index (χ4n) is 3.53. The van der Waals surface area contributed by atoms with E-state index in [0.717, 1.165) is 49.3 Å². The number of hydrogen-bond acceptors (Lipinski definition) is 3. The lowest BCUT2D eigenvalue weighted by molar-refractivity contribution is -0.137. The summed E-state index contributed by atoms with van der Waals surface area (Å²) >= 11 is 0. The highest BCUT2D eigenvalue weighted by molar-refractivity contribution is 14.0. The highest BCUT2D eigenvalue weighted by atomic mass is 127. The number of nitrogens with one attached hydrogen (secondary N) is 2. The molecule has 3 rings (SSSR count). The standard InChI is InChI=1S/C21H29F3N6O.HI/c1-2-25-19(27-13-11-16-7-9-17(10-8-16)21(22,23)24)26-12-5-15-30-20(31)29-14-4-3-6-18(29)28-30;/h7-10H,2-6,11-15H2,1H3,(H2,25,26,27);1H. The number of guanidine groups is 1. The van der Waals surface area contributed by atoms with E-state index >= 15 is 0 Å². The van der Waals surface area contributed by atoms with Gasteiger partial charge in [-0.15, -0.1) is 24.0 Å². The smallest absolute Gasteiger partial charge is 0.357 e. The van der Waals surface area contributed by atoms with Crippen molar-refractivity contribution in [2.75, 3.05) is 19.6 Å². The van der Waals surface area contributed by atoms with Crippen LogP contribution in [0.15, 0.2) is 34.1 Å². The van der Waals surface area contributed by atoms with Crippen molar-refractivity contribution < 1.29 is 13.2 Å². The molecule has 0 aliphatic carbocycles. The first-order valence-electron chi connectivity index (χ1n) is 10.7. The second kappa shape index (κ2) is 12.3. The highest BCUT2D eigenvalue weighted by Crippen LogP contribution is 2.29. The molecule has 0 atom stereocenters. The molecule has 1 aromatic carbocycles. The molecule has 1 aliphatic heterocycles. The van der Waals surface area contributed by atoms with Crippen molar-refractivity contribution >= 4 is 29.9 Å². The van der Waals surface area contributed by atoms with Crippen LogP contribution in [0.5, 0.6) is 0 Å². The van der Waals surface area contributed by atoms with Crippen LogP contribution >= 0.6 is 24.0 Å². The highest BCUT2D eigenvalue weighted by Gasteiger charge is 2.29. The normalized spacial score (nSPS) is 13.9. The van der Waals surface area contributed by atoms with Crippen LogP contribution in [-0.2, 0) is 32.1 Å². The Morgan fingerprint density at radius 1 is 1.19 bits per heavy atom. The largest absolute Gasteiger partial charge is 0.416 e. The number of halogens is 4. The number of fused-ring (bicyclic) bond motifs is 1. The maximum Gasteiger partial charge on any atom is 0.416 e. The Morgan fingerprint density at radius 3 is 2.59 bits per heavy atom. The van der Waals surface area contributed by atoms with E-state index in [1.165, 1.54) is 16.8 Å². The van der Waals surface area contributed by atoms with Crippen LogP contribution in [-0.4, -0.2) is 39.9 Å². The van der Waals surface area contributed by atoms with Crippen molar-refractivity contribution in [2.24, 2.45) is 4.99 Å². The van der Waals surface area contributed by atoms with Gasteiger partial charge >= 0.3 is 11.9 Å². The molecule has 32 heavy (non-hydrogen) atoms. The first kappa shape index (κ1) is 26.2. The quantitative estimate of drug-likeness (QED) is 0.223. The van der Waals surface area contributed by atoms with Gasteiger partial charge in [0.2, 0.25) is 0 Å². The second-order valence-electron chi connectivity index (χ2n) is 7.52. The zero-order chi connectivity index (χ0) is 22.3. The predicted molar refractivity (Wildman–Crippen MR) is 129 cm³/mol. The first-order chi connectivity index (χ1) is 14.9. The Kier molecular flexibility index (Phi) is 10.0. The first-order valence-corrected chi connectivity index (χ1v) is 10.7. The number of aromatic nitrogens is 3. The number of aliphatic imine (C=N–C) groups is 1. The minimum atomic E-state index is -4.32. The Labute approximate surface area is 202 Å². The molecule has 0 saturated heterocycles. The van der Waals surface area contributed by atoms with Gasteiger partial charge in [0, 0.05) is 39.1 Å². The van der Waals surface area contributed by atoms with Gasteiger partial charge in [0.25, 0.3) is 0 Å². The fourth-order valence-corrected chi connectivity index (χ4v) is 3.53. The van der Waals surface area contributed by atoms with Crippen LogP contribution in [0.2, 0.25) is 0 Å². The van der Waals surface area contributed by atoms with Crippen molar-refractivity contribution in [3.63, 3.8) is 0 Å². The summed E-state index contributed by atoms with van der Waals surface area (Å²) in [5, 5.41) is 10.8. The Morgan fingerprint density at radius 2 is 1.94 bits per heavy atom. The van der Waals surface area contributed by atoms with Gasteiger partial charge in [0.05, 0.1) is 5.56 Å². The van der Waals surface area contributed by atoms with E-state index in [0.29, 0.717) is 45.0 Å².